The molecule has 4 heteroatoms. The molecule has 0 radical (unpaired) electrons. The van der Waals surface area contributed by atoms with E-state index in [0.29, 0.717) is 19.6 Å². The summed E-state index contributed by atoms with van der Waals surface area (Å²) < 4.78 is 16.8. The molecule has 2 fully saturated rings. The molecule has 2 heterocycles. The molecule has 0 aromatic rings. The molecule has 86 valence electrons. The smallest absolute Gasteiger partial charge is 0.303 e. The van der Waals surface area contributed by atoms with Crippen LogP contribution in [-0.4, -0.2) is 30.6 Å². The number of carbonyl (C=O) groups is 1. The Hall–Kier alpha value is -0.610. The highest BCUT2D eigenvalue weighted by Gasteiger charge is 2.57. The summed E-state index contributed by atoms with van der Waals surface area (Å²) in [5.41, 5.74) is -0.612. The Kier molecular flexibility index (Phi) is 2.73. The van der Waals surface area contributed by atoms with Crippen molar-refractivity contribution in [1.82, 2.24) is 0 Å². The SMILES string of the molecule is CC(=O)O[C@]1(C)CCO[C@@]12CCCCO2. The second-order valence-electron chi connectivity index (χ2n) is 4.48. The molecule has 1 spiro atoms. The molecule has 0 aromatic heterocycles. The quantitative estimate of drug-likeness (QED) is 0.622. The average Bonchev–Trinajstić information content (AvgIpc) is 2.44. The molecule has 0 saturated carbocycles. The Labute approximate surface area is 89.9 Å². The highest BCUT2D eigenvalue weighted by Crippen LogP contribution is 2.45. The fourth-order valence-electron chi connectivity index (χ4n) is 2.50. The van der Waals surface area contributed by atoms with Crippen LogP contribution in [0.25, 0.3) is 0 Å². The monoisotopic (exact) mass is 214 g/mol. The van der Waals surface area contributed by atoms with Crippen molar-refractivity contribution in [1.29, 1.82) is 0 Å². The summed E-state index contributed by atoms with van der Waals surface area (Å²) in [5.74, 6) is -0.951. The minimum absolute atomic E-state index is 0.267. The summed E-state index contributed by atoms with van der Waals surface area (Å²) in [6.45, 7) is 4.63. The van der Waals surface area contributed by atoms with Crippen LogP contribution in [0.15, 0.2) is 0 Å². The van der Waals surface area contributed by atoms with Gasteiger partial charge >= 0.3 is 5.97 Å². The second-order valence-corrected chi connectivity index (χ2v) is 4.48. The van der Waals surface area contributed by atoms with Crippen molar-refractivity contribution in [3.63, 3.8) is 0 Å². The van der Waals surface area contributed by atoms with Crippen LogP contribution in [0.2, 0.25) is 0 Å². The van der Waals surface area contributed by atoms with E-state index >= 15 is 0 Å². The van der Waals surface area contributed by atoms with E-state index in [0.717, 1.165) is 19.3 Å². The first-order chi connectivity index (χ1) is 7.08. The van der Waals surface area contributed by atoms with E-state index in [1.165, 1.54) is 6.92 Å². The lowest BCUT2D eigenvalue weighted by Crippen LogP contribution is -2.54. The van der Waals surface area contributed by atoms with Gasteiger partial charge in [0.1, 0.15) is 0 Å². The van der Waals surface area contributed by atoms with Gasteiger partial charge in [-0.1, -0.05) is 0 Å². The summed E-state index contributed by atoms with van der Waals surface area (Å²) in [5, 5.41) is 0. The van der Waals surface area contributed by atoms with Crippen molar-refractivity contribution < 1.29 is 19.0 Å². The van der Waals surface area contributed by atoms with Gasteiger partial charge in [0.15, 0.2) is 5.60 Å². The summed E-state index contributed by atoms with van der Waals surface area (Å²) in [6, 6.07) is 0. The van der Waals surface area contributed by atoms with Crippen LogP contribution in [-0.2, 0) is 19.0 Å². The number of carbonyl (C=O) groups excluding carboxylic acids is 1. The zero-order valence-corrected chi connectivity index (χ0v) is 9.38. The van der Waals surface area contributed by atoms with Crippen molar-refractivity contribution in [2.75, 3.05) is 13.2 Å². The lowest BCUT2D eigenvalue weighted by atomic mass is 9.88. The number of hydrogen-bond acceptors (Lipinski definition) is 4. The molecular weight excluding hydrogens is 196 g/mol. The van der Waals surface area contributed by atoms with Gasteiger partial charge in [-0.15, -0.1) is 0 Å². The van der Waals surface area contributed by atoms with E-state index in [1.807, 2.05) is 6.92 Å². The zero-order chi connectivity index (χ0) is 10.9. The van der Waals surface area contributed by atoms with Gasteiger partial charge < -0.3 is 14.2 Å². The van der Waals surface area contributed by atoms with Crippen LogP contribution in [0.1, 0.15) is 39.5 Å². The normalized spacial score (nSPS) is 40.7. The lowest BCUT2D eigenvalue weighted by Gasteiger charge is -2.43. The molecule has 2 rings (SSSR count). The third kappa shape index (κ3) is 1.76. The van der Waals surface area contributed by atoms with Crippen molar-refractivity contribution in [3.8, 4) is 0 Å². The highest BCUT2D eigenvalue weighted by atomic mass is 16.7. The first-order valence-electron chi connectivity index (χ1n) is 5.56. The third-order valence-corrected chi connectivity index (χ3v) is 3.32. The molecule has 0 N–H and O–H groups in total. The van der Waals surface area contributed by atoms with Gasteiger partial charge in [-0.2, -0.15) is 0 Å². The van der Waals surface area contributed by atoms with Gasteiger partial charge in [-0.05, 0) is 19.8 Å². The van der Waals surface area contributed by atoms with Gasteiger partial charge in [0.05, 0.1) is 13.2 Å². The Morgan fingerprint density at radius 3 is 2.53 bits per heavy atom. The predicted molar refractivity (Wildman–Crippen MR) is 53.3 cm³/mol. The molecular formula is C11H18O4. The molecule has 0 bridgehead atoms. The molecule has 2 saturated heterocycles. The molecule has 0 unspecified atom stereocenters. The molecule has 2 aliphatic heterocycles. The highest BCUT2D eigenvalue weighted by molar-refractivity contribution is 5.66. The summed E-state index contributed by atoms with van der Waals surface area (Å²) in [4.78, 5) is 11.1. The predicted octanol–water partition coefficient (Wildman–Crippen LogP) is 1.63. The van der Waals surface area contributed by atoms with Gasteiger partial charge in [0.2, 0.25) is 5.79 Å². The van der Waals surface area contributed by atoms with E-state index in [4.69, 9.17) is 14.2 Å². The van der Waals surface area contributed by atoms with Crippen LogP contribution in [0, 0.1) is 0 Å². The van der Waals surface area contributed by atoms with E-state index in [1.54, 1.807) is 0 Å². The van der Waals surface area contributed by atoms with E-state index in [-0.39, 0.29) is 5.97 Å². The maximum absolute atomic E-state index is 11.1. The van der Waals surface area contributed by atoms with Crippen LogP contribution >= 0.6 is 0 Å². The van der Waals surface area contributed by atoms with E-state index in [9.17, 15) is 4.79 Å². The van der Waals surface area contributed by atoms with Crippen LogP contribution in [0.3, 0.4) is 0 Å². The third-order valence-electron chi connectivity index (χ3n) is 3.32. The van der Waals surface area contributed by atoms with E-state index < -0.39 is 11.4 Å². The molecule has 0 amide bonds. The number of ether oxygens (including phenoxy) is 3. The van der Waals surface area contributed by atoms with Crippen molar-refractivity contribution in [3.05, 3.63) is 0 Å². The van der Waals surface area contributed by atoms with Crippen molar-refractivity contribution in [2.24, 2.45) is 0 Å². The van der Waals surface area contributed by atoms with Crippen molar-refractivity contribution >= 4 is 5.97 Å². The number of hydrogen-bond donors (Lipinski definition) is 0. The Bertz CT molecular complexity index is 257. The van der Waals surface area contributed by atoms with Crippen LogP contribution in [0.5, 0.6) is 0 Å². The number of rotatable bonds is 1. The fourth-order valence-corrected chi connectivity index (χ4v) is 2.50. The largest absolute Gasteiger partial charge is 0.454 e. The molecule has 2 aliphatic rings. The average molecular weight is 214 g/mol. The fraction of sp³-hybridized carbons (Fsp3) is 0.909. The lowest BCUT2D eigenvalue weighted by molar-refractivity contribution is -0.296. The van der Waals surface area contributed by atoms with Gasteiger partial charge in [-0.25, -0.2) is 0 Å². The van der Waals surface area contributed by atoms with Gasteiger partial charge in [0.25, 0.3) is 0 Å². The first-order valence-corrected chi connectivity index (χ1v) is 5.56. The summed E-state index contributed by atoms with van der Waals surface area (Å²) in [6.07, 6.45) is 3.65. The molecule has 4 nitrogen and oxygen atoms in total. The van der Waals surface area contributed by atoms with Gasteiger partial charge in [0, 0.05) is 19.8 Å². The minimum atomic E-state index is -0.684. The molecule has 2 atom stereocenters. The first kappa shape index (κ1) is 10.9. The standard InChI is InChI=1S/C11H18O4/c1-9(12)15-10(2)6-8-14-11(10)5-3-4-7-13-11/h3-8H2,1-2H3/t10-,11+/m1/s1. The number of esters is 1. The Balaban J connectivity index is 2.18. The zero-order valence-electron chi connectivity index (χ0n) is 9.38. The molecule has 0 aromatic carbocycles. The summed E-state index contributed by atoms with van der Waals surface area (Å²) in [7, 11) is 0. The molecule has 0 aliphatic carbocycles. The maximum atomic E-state index is 11.1. The van der Waals surface area contributed by atoms with E-state index in [2.05, 4.69) is 0 Å². The van der Waals surface area contributed by atoms with Crippen LogP contribution in [0.4, 0.5) is 0 Å². The van der Waals surface area contributed by atoms with Gasteiger partial charge in [-0.3, -0.25) is 4.79 Å². The maximum Gasteiger partial charge on any atom is 0.303 e. The van der Waals surface area contributed by atoms with Crippen LogP contribution < -0.4 is 0 Å². The Morgan fingerprint density at radius 2 is 1.93 bits per heavy atom. The molecule has 15 heavy (non-hydrogen) atoms. The Morgan fingerprint density at radius 1 is 1.20 bits per heavy atom. The van der Waals surface area contributed by atoms with Crippen molar-refractivity contribution in [2.45, 2.75) is 50.9 Å². The topological polar surface area (TPSA) is 44.8 Å². The minimum Gasteiger partial charge on any atom is -0.454 e. The second kappa shape index (κ2) is 3.76. The summed E-state index contributed by atoms with van der Waals surface area (Å²) >= 11 is 0.